The van der Waals surface area contributed by atoms with Crippen LogP contribution in [0.3, 0.4) is 0 Å². The maximum Gasteiger partial charge on any atom is 0.306 e. The van der Waals surface area contributed by atoms with Crippen LogP contribution in [0.5, 0.6) is 0 Å². The summed E-state index contributed by atoms with van der Waals surface area (Å²) in [5.74, 6) is -0.997. The third-order valence-electron chi connectivity index (χ3n) is 13.3. The molecule has 0 radical (unpaired) electrons. The standard InChI is InChI=1S/C68H116O6/c1-4-7-10-13-16-19-22-25-27-29-30-31-32-33-34-35-36-37-38-39-41-43-46-49-52-55-58-61-67(70)73-64-65(63-72-66(69)60-57-54-51-48-45-42-24-21-18-15-12-9-6-3)74-68(71)62-59-56-53-50-47-44-40-28-26-23-20-17-14-11-8-5-2/h9,12,18,20-23,25,28-30,40,42,45,51,54,65H,4-8,10-11,13-17,19,24,26-27,31-39,41,43-44,46-50,52-53,55-64H2,1-3H3/b12-9-,21-18-,23-20-,25-22-,30-29-,40-28-,45-42-,54-51-. The van der Waals surface area contributed by atoms with E-state index in [1.165, 1.54) is 154 Å². The third-order valence-corrected chi connectivity index (χ3v) is 13.3. The van der Waals surface area contributed by atoms with Crippen LogP contribution >= 0.6 is 0 Å². The number of hydrogen-bond donors (Lipinski definition) is 0. The summed E-state index contributed by atoms with van der Waals surface area (Å²) in [7, 11) is 0. The fraction of sp³-hybridized carbons (Fsp3) is 0.721. The van der Waals surface area contributed by atoms with E-state index in [9.17, 15) is 14.4 Å². The van der Waals surface area contributed by atoms with Gasteiger partial charge in [-0.15, -0.1) is 0 Å². The molecule has 6 nitrogen and oxygen atoms in total. The van der Waals surface area contributed by atoms with Crippen LogP contribution in [0.1, 0.15) is 297 Å². The smallest absolute Gasteiger partial charge is 0.306 e. The highest BCUT2D eigenvalue weighted by atomic mass is 16.6. The van der Waals surface area contributed by atoms with Gasteiger partial charge in [0.25, 0.3) is 0 Å². The number of allylic oxidation sites excluding steroid dienone is 16. The van der Waals surface area contributed by atoms with E-state index in [4.69, 9.17) is 14.2 Å². The first kappa shape index (κ1) is 70.3. The molecule has 424 valence electrons. The Hall–Kier alpha value is -3.67. The van der Waals surface area contributed by atoms with Crippen molar-refractivity contribution in [2.45, 2.75) is 303 Å². The molecule has 1 atom stereocenters. The Morgan fingerprint density at radius 2 is 0.554 bits per heavy atom. The van der Waals surface area contributed by atoms with E-state index in [-0.39, 0.29) is 37.5 Å². The van der Waals surface area contributed by atoms with E-state index in [0.717, 1.165) is 96.3 Å². The molecule has 0 N–H and O–H groups in total. The molecule has 0 heterocycles. The quantitative estimate of drug-likeness (QED) is 0.0261. The van der Waals surface area contributed by atoms with E-state index in [0.29, 0.717) is 19.3 Å². The lowest BCUT2D eigenvalue weighted by Gasteiger charge is -2.18. The van der Waals surface area contributed by atoms with E-state index in [1.807, 2.05) is 6.08 Å². The van der Waals surface area contributed by atoms with Crippen molar-refractivity contribution in [3.8, 4) is 0 Å². The summed E-state index contributed by atoms with van der Waals surface area (Å²) in [6, 6.07) is 0. The van der Waals surface area contributed by atoms with Crippen LogP contribution in [0.15, 0.2) is 97.2 Å². The van der Waals surface area contributed by atoms with Gasteiger partial charge in [-0.25, -0.2) is 0 Å². The van der Waals surface area contributed by atoms with Crippen molar-refractivity contribution in [2.75, 3.05) is 13.2 Å². The van der Waals surface area contributed by atoms with Crippen molar-refractivity contribution < 1.29 is 28.6 Å². The molecule has 0 aromatic heterocycles. The summed E-state index contributed by atoms with van der Waals surface area (Å²) in [5, 5.41) is 0. The molecule has 0 aromatic rings. The molecule has 0 saturated carbocycles. The largest absolute Gasteiger partial charge is 0.462 e. The number of hydrogen-bond acceptors (Lipinski definition) is 6. The Bertz CT molecular complexity index is 1460. The number of esters is 3. The Labute approximate surface area is 457 Å². The molecule has 0 bridgehead atoms. The van der Waals surface area contributed by atoms with Crippen molar-refractivity contribution >= 4 is 17.9 Å². The lowest BCUT2D eigenvalue weighted by atomic mass is 10.0. The summed E-state index contributed by atoms with van der Waals surface area (Å²) in [6.45, 7) is 6.44. The van der Waals surface area contributed by atoms with Gasteiger partial charge in [-0.3, -0.25) is 14.4 Å². The zero-order valence-corrected chi connectivity index (χ0v) is 48.6. The second-order valence-corrected chi connectivity index (χ2v) is 20.6. The topological polar surface area (TPSA) is 78.9 Å². The lowest BCUT2D eigenvalue weighted by molar-refractivity contribution is -0.166. The summed E-state index contributed by atoms with van der Waals surface area (Å²) < 4.78 is 16.8. The minimum absolute atomic E-state index is 0.105. The highest BCUT2D eigenvalue weighted by molar-refractivity contribution is 5.71. The van der Waals surface area contributed by atoms with Crippen LogP contribution in [-0.4, -0.2) is 37.2 Å². The highest BCUT2D eigenvalue weighted by Crippen LogP contribution is 2.16. The van der Waals surface area contributed by atoms with Gasteiger partial charge in [0.15, 0.2) is 6.10 Å². The zero-order valence-electron chi connectivity index (χ0n) is 48.6. The number of ether oxygens (including phenoxy) is 3. The van der Waals surface area contributed by atoms with Crippen molar-refractivity contribution in [1.82, 2.24) is 0 Å². The molecule has 1 unspecified atom stereocenters. The van der Waals surface area contributed by atoms with E-state index in [1.54, 1.807) is 0 Å². The van der Waals surface area contributed by atoms with Crippen molar-refractivity contribution in [2.24, 2.45) is 0 Å². The van der Waals surface area contributed by atoms with Gasteiger partial charge in [-0.1, -0.05) is 266 Å². The fourth-order valence-electron chi connectivity index (χ4n) is 8.64. The first-order valence-corrected chi connectivity index (χ1v) is 31.2. The number of unbranched alkanes of at least 4 members (excludes halogenated alkanes) is 29. The van der Waals surface area contributed by atoms with Crippen LogP contribution in [0.4, 0.5) is 0 Å². The Morgan fingerprint density at radius 3 is 0.919 bits per heavy atom. The van der Waals surface area contributed by atoms with Crippen molar-refractivity contribution in [1.29, 1.82) is 0 Å². The summed E-state index contributed by atoms with van der Waals surface area (Å²) >= 11 is 0. The predicted octanol–water partition coefficient (Wildman–Crippen LogP) is 21.3. The highest BCUT2D eigenvalue weighted by Gasteiger charge is 2.19. The molecule has 0 aliphatic rings. The van der Waals surface area contributed by atoms with Gasteiger partial charge in [0.2, 0.25) is 0 Å². The van der Waals surface area contributed by atoms with Crippen molar-refractivity contribution in [3.05, 3.63) is 97.2 Å². The van der Waals surface area contributed by atoms with Crippen LogP contribution in [0.2, 0.25) is 0 Å². The van der Waals surface area contributed by atoms with Gasteiger partial charge in [0.1, 0.15) is 13.2 Å². The lowest BCUT2D eigenvalue weighted by Crippen LogP contribution is -2.30. The number of rotatable bonds is 56. The zero-order chi connectivity index (χ0) is 53.6. The maximum absolute atomic E-state index is 12.9. The molecular weight excluding hydrogens is 913 g/mol. The molecule has 0 rings (SSSR count). The molecule has 0 spiro atoms. The first-order chi connectivity index (χ1) is 36.5. The predicted molar refractivity (Wildman–Crippen MR) is 320 cm³/mol. The third kappa shape index (κ3) is 59.2. The molecular formula is C68H116O6. The van der Waals surface area contributed by atoms with Gasteiger partial charge in [-0.05, 0) is 109 Å². The summed E-state index contributed by atoms with van der Waals surface area (Å²) in [6.07, 6.45) is 82.9. The summed E-state index contributed by atoms with van der Waals surface area (Å²) in [5.41, 5.74) is 0. The second-order valence-electron chi connectivity index (χ2n) is 20.6. The summed E-state index contributed by atoms with van der Waals surface area (Å²) in [4.78, 5) is 38.2. The van der Waals surface area contributed by atoms with Crippen LogP contribution in [0, 0.1) is 0 Å². The molecule has 74 heavy (non-hydrogen) atoms. The molecule has 0 amide bonds. The molecule has 0 aliphatic heterocycles. The molecule has 0 saturated heterocycles. The molecule has 6 heteroatoms. The van der Waals surface area contributed by atoms with E-state index < -0.39 is 6.10 Å². The average molecular weight is 1030 g/mol. The Balaban J connectivity index is 4.31. The van der Waals surface area contributed by atoms with Crippen molar-refractivity contribution in [3.63, 3.8) is 0 Å². The fourth-order valence-corrected chi connectivity index (χ4v) is 8.64. The van der Waals surface area contributed by atoms with E-state index in [2.05, 4.69) is 112 Å². The SMILES string of the molecule is CC/C=C\C/C=C\C/C=C\C/C=C\CCC(=O)OCC(COC(=O)CCCCCCCCCCCCCCCCC/C=C\C/C=C\CCCCCCC)OC(=O)CCCCCCC/C=C\C/C=C\CCCCCC. The van der Waals surface area contributed by atoms with E-state index >= 15 is 0 Å². The Kier molecular flexibility index (Phi) is 58.8. The van der Waals surface area contributed by atoms with Gasteiger partial charge >= 0.3 is 17.9 Å². The number of carbonyl (C=O) groups excluding carboxylic acids is 3. The molecule has 0 aromatic carbocycles. The molecule has 0 aliphatic carbocycles. The van der Waals surface area contributed by atoms with Gasteiger partial charge in [0, 0.05) is 19.3 Å². The monoisotopic (exact) mass is 1030 g/mol. The molecule has 0 fully saturated rings. The number of carbonyl (C=O) groups is 3. The first-order valence-electron chi connectivity index (χ1n) is 31.2. The van der Waals surface area contributed by atoms with Crippen LogP contribution in [0.25, 0.3) is 0 Å². The van der Waals surface area contributed by atoms with Gasteiger partial charge in [-0.2, -0.15) is 0 Å². The van der Waals surface area contributed by atoms with Gasteiger partial charge in [0.05, 0.1) is 0 Å². The van der Waals surface area contributed by atoms with Gasteiger partial charge < -0.3 is 14.2 Å². The maximum atomic E-state index is 12.9. The Morgan fingerprint density at radius 1 is 0.284 bits per heavy atom. The second kappa shape index (κ2) is 61.9. The minimum Gasteiger partial charge on any atom is -0.462 e. The average Bonchev–Trinajstić information content (AvgIpc) is 3.40. The van der Waals surface area contributed by atoms with Crippen LogP contribution in [-0.2, 0) is 28.6 Å². The minimum atomic E-state index is -0.814. The normalized spacial score (nSPS) is 12.7. The van der Waals surface area contributed by atoms with Crippen LogP contribution < -0.4 is 0 Å².